The van der Waals surface area contributed by atoms with Crippen molar-refractivity contribution in [2.45, 2.75) is 60.5 Å². The molecule has 0 saturated heterocycles. The summed E-state index contributed by atoms with van der Waals surface area (Å²) >= 11 is 0. The van der Waals surface area contributed by atoms with Crippen molar-refractivity contribution in [3.63, 3.8) is 0 Å². The van der Waals surface area contributed by atoms with Crippen molar-refractivity contribution < 1.29 is 4.74 Å². The first kappa shape index (κ1) is 15.9. The maximum absolute atomic E-state index is 5.73. The number of nitrogens with zero attached hydrogens (tertiary/aromatic N) is 1. The molecule has 0 amide bonds. The van der Waals surface area contributed by atoms with Crippen LogP contribution in [-0.4, -0.2) is 37.2 Å². The highest BCUT2D eigenvalue weighted by molar-refractivity contribution is 4.95. The van der Waals surface area contributed by atoms with Crippen LogP contribution in [0.3, 0.4) is 0 Å². The molecular weight excluding hydrogens is 198 g/mol. The quantitative estimate of drug-likeness (QED) is 0.662. The smallest absolute Gasteiger partial charge is 0.0538 e. The Morgan fingerprint density at radius 3 is 1.94 bits per heavy atom. The third-order valence-corrected chi connectivity index (χ3v) is 3.13. The Balaban J connectivity index is 0.00000106. The lowest BCUT2D eigenvalue weighted by atomic mass is 10.1. The largest absolute Gasteiger partial charge is 0.378 e. The summed E-state index contributed by atoms with van der Waals surface area (Å²) in [5, 5.41) is 0. The molecule has 1 saturated carbocycles. The van der Waals surface area contributed by atoms with Crippen LogP contribution >= 0.6 is 0 Å². The third-order valence-electron chi connectivity index (χ3n) is 3.13. The van der Waals surface area contributed by atoms with Gasteiger partial charge in [-0.1, -0.05) is 27.7 Å². The van der Waals surface area contributed by atoms with E-state index in [4.69, 9.17) is 4.74 Å². The molecule has 0 N–H and O–H groups in total. The molecule has 1 rings (SSSR count). The molecule has 2 heteroatoms. The van der Waals surface area contributed by atoms with E-state index < -0.39 is 0 Å². The van der Waals surface area contributed by atoms with Crippen LogP contribution in [0.2, 0.25) is 0 Å². The first-order valence-electron chi connectivity index (χ1n) is 6.96. The molecule has 0 radical (unpaired) electrons. The summed E-state index contributed by atoms with van der Waals surface area (Å²) in [6.07, 6.45) is 3.09. The van der Waals surface area contributed by atoms with E-state index in [1.165, 1.54) is 32.5 Å². The summed E-state index contributed by atoms with van der Waals surface area (Å²) in [5.74, 6) is 0. The number of ether oxygens (including phenoxy) is 1. The predicted octanol–water partition coefficient (Wildman–Crippen LogP) is 3.56. The molecule has 0 aromatic heterocycles. The maximum atomic E-state index is 5.73. The monoisotopic (exact) mass is 229 g/mol. The number of rotatable bonds is 7. The van der Waals surface area contributed by atoms with Gasteiger partial charge in [0.05, 0.1) is 12.7 Å². The lowest BCUT2D eigenvalue weighted by Crippen LogP contribution is -2.33. The average molecular weight is 229 g/mol. The highest BCUT2D eigenvalue weighted by Gasteiger charge is 2.43. The van der Waals surface area contributed by atoms with E-state index in [-0.39, 0.29) is 0 Å². The predicted molar refractivity (Wildman–Crippen MR) is 71.9 cm³/mol. The molecule has 0 aliphatic heterocycles. The molecular formula is C14H31NO. The van der Waals surface area contributed by atoms with E-state index in [2.05, 4.69) is 32.6 Å². The summed E-state index contributed by atoms with van der Waals surface area (Å²) < 4.78 is 5.73. The zero-order valence-corrected chi connectivity index (χ0v) is 12.2. The maximum Gasteiger partial charge on any atom is 0.0538 e. The van der Waals surface area contributed by atoms with Crippen LogP contribution in [0.4, 0.5) is 0 Å². The Kier molecular flexibility index (Phi) is 8.04. The summed E-state index contributed by atoms with van der Waals surface area (Å²) in [6.45, 7) is 17.2. The van der Waals surface area contributed by atoms with Crippen LogP contribution in [-0.2, 0) is 4.74 Å². The highest BCUT2D eigenvalue weighted by atomic mass is 16.5. The molecule has 0 heterocycles. The molecule has 98 valence electrons. The Bertz CT molecular complexity index is 160. The number of hydrogen-bond acceptors (Lipinski definition) is 2. The molecule has 1 fully saturated rings. The zero-order chi connectivity index (χ0) is 12.6. The average Bonchev–Trinajstić information content (AvgIpc) is 3.07. The van der Waals surface area contributed by atoms with Gasteiger partial charge in [-0.2, -0.15) is 0 Å². The lowest BCUT2D eigenvalue weighted by molar-refractivity contribution is 0.0321. The molecule has 0 unspecified atom stereocenters. The Morgan fingerprint density at radius 2 is 1.62 bits per heavy atom. The molecule has 1 aliphatic rings. The molecule has 16 heavy (non-hydrogen) atoms. The van der Waals surface area contributed by atoms with Crippen LogP contribution in [0.1, 0.15) is 54.4 Å². The van der Waals surface area contributed by atoms with Crippen molar-refractivity contribution in [2.24, 2.45) is 5.41 Å². The van der Waals surface area contributed by atoms with Gasteiger partial charge in [-0.05, 0) is 39.8 Å². The second-order valence-corrected chi connectivity index (χ2v) is 4.82. The van der Waals surface area contributed by atoms with Crippen molar-refractivity contribution >= 4 is 0 Å². The fourth-order valence-electron chi connectivity index (χ4n) is 1.79. The minimum absolute atomic E-state index is 0.379. The normalized spacial score (nSPS) is 17.2. The fraction of sp³-hybridized carbons (Fsp3) is 1.00. The minimum atomic E-state index is 0.379. The summed E-state index contributed by atoms with van der Waals surface area (Å²) in [5.41, 5.74) is 0.510. The van der Waals surface area contributed by atoms with Gasteiger partial charge in [0.15, 0.2) is 0 Å². The Labute approximate surface area is 102 Å². The van der Waals surface area contributed by atoms with Crippen LogP contribution < -0.4 is 0 Å². The summed E-state index contributed by atoms with van der Waals surface area (Å²) in [6, 6.07) is 0. The highest BCUT2D eigenvalue weighted by Crippen LogP contribution is 2.46. The summed E-state index contributed by atoms with van der Waals surface area (Å²) in [4.78, 5) is 2.51. The van der Waals surface area contributed by atoms with Gasteiger partial charge in [-0.25, -0.2) is 0 Å². The van der Waals surface area contributed by atoms with E-state index in [1.807, 2.05) is 13.8 Å². The van der Waals surface area contributed by atoms with Crippen LogP contribution in [0.25, 0.3) is 0 Å². The van der Waals surface area contributed by atoms with Crippen molar-refractivity contribution in [1.82, 2.24) is 4.90 Å². The zero-order valence-electron chi connectivity index (χ0n) is 12.2. The van der Waals surface area contributed by atoms with Gasteiger partial charge in [0.25, 0.3) is 0 Å². The van der Waals surface area contributed by atoms with Gasteiger partial charge in [-0.3, -0.25) is 0 Å². The SMILES string of the molecule is CC.CCN(CC)CC1(COC(C)C)CC1. The van der Waals surface area contributed by atoms with Crippen molar-refractivity contribution in [3.05, 3.63) is 0 Å². The second kappa shape index (κ2) is 8.08. The van der Waals surface area contributed by atoms with Crippen LogP contribution in [0.15, 0.2) is 0 Å². The molecule has 0 atom stereocenters. The summed E-state index contributed by atoms with van der Waals surface area (Å²) in [7, 11) is 0. The van der Waals surface area contributed by atoms with E-state index in [0.717, 1.165) is 6.61 Å². The van der Waals surface area contributed by atoms with E-state index in [9.17, 15) is 0 Å². The topological polar surface area (TPSA) is 12.5 Å². The van der Waals surface area contributed by atoms with Gasteiger partial charge in [0.1, 0.15) is 0 Å². The van der Waals surface area contributed by atoms with Gasteiger partial charge in [0.2, 0.25) is 0 Å². The van der Waals surface area contributed by atoms with Crippen molar-refractivity contribution in [3.8, 4) is 0 Å². The Morgan fingerprint density at radius 1 is 1.12 bits per heavy atom. The lowest BCUT2D eigenvalue weighted by Gasteiger charge is -2.25. The molecule has 2 nitrogen and oxygen atoms in total. The van der Waals surface area contributed by atoms with Crippen LogP contribution in [0.5, 0.6) is 0 Å². The molecule has 0 bridgehead atoms. The van der Waals surface area contributed by atoms with E-state index in [1.54, 1.807) is 0 Å². The van der Waals surface area contributed by atoms with Gasteiger partial charge in [0, 0.05) is 12.0 Å². The minimum Gasteiger partial charge on any atom is -0.378 e. The van der Waals surface area contributed by atoms with Gasteiger partial charge >= 0.3 is 0 Å². The van der Waals surface area contributed by atoms with Crippen molar-refractivity contribution in [2.75, 3.05) is 26.2 Å². The number of hydrogen-bond donors (Lipinski definition) is 0. The standard InChI is InChI=1S/C12H25NO.C2H6/c1-5-13(6-2)9-12(7-8-12)10-14-11(3)4;1-2/h11H,5-10H2,1-4H3;1-2H3. The van der Waals surface area contributed by atoms with E-state index in [0.29, 0.717) is 11.5 Å². The second-order valence-electron chi connectivity index (χ2n) is 4.82. The molecule has 1 aliphatic carbocycles. The molecule has 0 spiro atoms. The van der Waals surface area contributed by atoms with Crippen molar-refractivity contribution in [1.29, 1.82) is 0 Å². The first-order valence-corrected chi connectivity index (χ1v) is 6.96. The van der Waals surface area contributed by atoms with Gasteiger partial charge < -0.3 is 9.64 Å². The van der Waals surface area contributed by atoms with Crippen LogP contribution in [0, 0.1) is 5.41 Å². The molecule has 0 aromatic carbocycles. The molecule has 0 aromatic rings. The van der Waals surface area contributed by atoms with Gasteiger partial charge in [-0.15, -0.1) is 0 Å². The first-order chi connectivity index (χ1) is 7.62. The fourth-order valence-corrected chi connectivity index (χ4v) is 1.79. The van der Waals surface area contributed by atoms with E-state index >= 15 is 0 Å². The Hall–Kier alpha value is -0.0800. The third kappa shape index (κ3) is 5.86.